The van der Waals surface area contributed by atoms with Crippen LogP contribution >= 0.6 is 0 Å². The quantitative estimate of drug-likeness (QED) is 0.700. The standard InChI is InChI=1S/C22H26O5/c1-7-17(14(2)10-15-8-9-19(24-3)18(23)11-15)16-12-20(25-4)22(27-6)21(13-16)26-5/h7-13,23H,1-6H3/b14-10+,17-7?. The molecule has 27 heavy (non-hydrogen) atoms. The summed E-state index contributed by atoms with van der Waals surface area (Å²) in [6.07, 6.45) is 4.02. The van der Waals surface area contributed by atoms with Gasteiger partial charge in [-0.05, 0) is 60.4 Å². The van der Waals surface area contributed by atoms with E-state index < -0.39 is 0 Å². The van der Waals surface area contributed by atoms with Gasteiger partial charge in [-0.15, -0.1) is 0 Å². The molecular weight excluding hydrogens is 344 g/mol. The molecule has 144 valence electrons. The van der Waals surface area contributed by atoms with E-state index in [2.05, 4.69) is 0 Å². The van der Waals surface area contributed by atoms with Crippen LogP contribution in [0.4, 0.5) is 0 Å². The molecule has 2 aromatic carbocycles. The predicted octanol–water partition coefficient (Wildman–Crippen LogP) is 4.93. The molecule has 0 fully saturated rings. The average molecular weight is 370 g/mol. The van der Waals surface area contributed by atoms with Crippen LogP contribution in [0, 0.1) is 0 Å². The van der Waals surface area contributed by atoms with Gasteiger partial charge in [0, 0.05) is 0 Å². The Morgan fingerprint density at radius 2 is 1.44 bits per heavy atom. The van der Waals surface area contributed by atoms with Crippen LogP contribution in [0.2, 0.25) is 0 Å². The number of benzene rings is 2. The topological polar surface area (TPSA) is 57.2 Å². The van der Waals surface area contributed by atoms with Gasteiger partial charge in [-0.2, -0.15) is 0 Å². The molecule has 0 aliphatic rings. The smallest absolute Gasteiger partial charge is 0.203 e. The lowest BCUT2D eigenvalue weighted by Crippen LogP contribution is -1.97. The first-order chi connectivity index (χ1) is 13.0. The molecule has 0 amide bonds. The van der Waals surface area contributed by atoms with E-state index >= 15 is 0 Å². The molecule has 0 aliphatic carbocycles. The third-order valence-corrected chi connectivity index (χ3v) is 4.28. The van der Waals surface area contributed by atoms with Crippen molar-refractivity contribution >= 4 is 11.6 Å². The molecule has 5 nitrogen and oxygen atoms in total. The highest BCUT2D eigenvalue weighted by atomic mass is 16.5. The Labute approximate surface area is 160 Å². The Kier molecular flexibility index (Phi) is 6.77. The summed E-state index contributed by atoms with van der Waals surface area (Å²) in [4.78, 5) is 0. The maximum atomic E-state index is 10.00. The van der Waals surface area contributed by atoms with E-state index in [-0.39, 0.29) is 5.75 Å². The molecule has 0 saturated heterocycles. The molecule has 0 radical (unpaired) electrons. The van der Waals surface area contributed by atoms with Gasteiger partial charge in [-0.25, -0.2) is 0 Å². The monoisotopic (exact) mass is 370 g/mol. The second-order valence-electron chi connectivity index (χ2n) is 5.88. The number of hydrogen-bond acceptors (Lipinski definition) is 5. The van der Waals surface area contributed by atoms with Crippen molar-refractivity contribution in [2.24, 2.45) is 0 Å². The third kappa shape index (κ3) is 4.37. The Hall–Kier alpha value is -3.08. The summed E-state index contributed by atoms with van der Waals surface area (Å²) in [5.41, 5.74) is 3.86. The predicted molar refractivity (Wildman–Crippen MR) is 108 cm³/mol. The molecule has 0 unspecified atom stereocenters. The number of ether oxygens (including phenoxy) is 4. The number of phenolic OH excluding ortho intramolecular Hbond substituents is 1. The Morgan fingerprint density at radius 1 is 0.852 bits per heavy atom. The number of methoxy groups -OCH3 is 4. The molecule has 0 atom stereocenters. The zero-order valence-corrected chi connectivity index (χ0v) is 16.6. The van der Waals surface area contributed by atoms with Gasteiger partial charge in [-0.3, -0.25) is 0 Å². The molecular formula is C22H26O5. The van der Waals surface area contributed by atoms with Crippen LogP contribution in [0.25, 0.3) is 11.6 Å². The van der Waals surface area contributed by atoms with Crippen LogP contribution in [0.15, 0.2) is 42.0 Å². The molecule has 2 aromatic rings. The highest BCUT2D eigenvalue weighted by Crippen LogP contribution is 2.41. The number of hydrogen-bond donors (Lipinski definition) is 1. The van der Waals surface area contributed by atoms with Crippen molar-refractivity contribution < 1.29 is 24.1 Å². The number of allylic oxidation sites excluding steroid dienone is 3. The average Bonchev–Trinajstić information content (AvgIpc) is 2.67. The summed E-state index contributed by atoms with van der Waals surface area (Å²) in [7, 11) is 6.30. The van der Waals surface area contributed by atoms with Gasteiger partial charge in [0.2, 0.25) is 5.75 Å². The second kappa shape index (κ2) is 9.03. The number of aromatic hydroxyl groups is 1. The summed E-state index contributed by atoms with van der Waals surface area (Å²) in [6, 6.07) is 9.14. The lowest BCUT2D eigenvalue weighted by Gasteiger charge is -2.16. The fourth-order valence-electron chi connectivity index (χ4n) is 2.98. The third-order valence-electron chi connectivity index (χ3n) is 4.28. The van der Waals surface area contributed by atoms with Crippen LogP contribution < -0.4 is 18.9 Å². The van der Waals surface area contributed by atoms with Gasteiger partial charge < -0.3 is 24.1 Å². The normalized spacial score (nSPS) is 11.9. The maximum absolute atomic E-state index is 10.00. The molecule has 2 rings (SSSR count). The first-order valence-corrected chi connectivity index (χ1v) is 8.51. The minimum absolute atomic E-state index is 0.105. The van der Waals surface area contributed by atoms with E-state index in [1.165, 1.54) is 7.11 Å². The lowest BCUT2D eigenvalue weighted by molar-refractivity contribution is 0.324. The summed E-state index contributed by atoms with van der Waals surface area (Å²) in [5.74, 6) is 2.30. The summed E-state index contributed by atoms with van der Waals surface area (Å²) < 4.78 is 21.4. The molecule has 0 bridgehead atoms. The second-order valence-corrected chi connectivity index (χ2v) is 5.88. The van der Waals surface area contributed by atoms with Crippen LogP contribution in [0.5, 0.6) is 28.7 Å². The SMILES string of the molecule is CC=C(/C(C)=C/c1ccc(OC)c(O)c1)c1cc(OC)c(OC)c(OC)c1. The molecule has 0 aromatic heterocycles. The van der Waals surface area contributed by atoms with E-state index in [1.807, 2.05) is 44.2 Å². The van der Waals surface area contributed by atoms with Crippen LogP contribution in [-0.2, 0) is 0 Å². The van der Waals surface area contributed by atoms with Crippen LogP contribution in [0.1, 0.15) is 25.0 Å². The van der Waals surface area contributed by atoms with E-state index in [0.717, 1.165) is 22.3 Å². The van der Waals surface area contributed by atoms with Crippen LogP contribution in [-0.4, -0.2) is 33.5 Å². The summed E-state index contributed by atoms with van der Waals surface area (Å²) >= 11 is 0. The first kappa shape index (κ1) is 20.2. The lowest BCUT2D eigenvalue weighted by atomic mass is 9.96. The van der Waals surface area contributed by atoms with E-state index in [4.69, 9.17) is 18.9 Å². The van der Waals surface area contributed by atoms with E-state index in [1.54, 1.807) is 33.5 Å². The number of phenols is 1. The first-order valence-electron chi connectivity index (χ1n) is 8.51. The number of rotatable bonds is 7. The van der Waals surface area contributed by atoms with Crippen LogP contribution in [0.3, 0.4) is 0 Å². The fraction of sp³-hybridized carbons (Fsp3) is 0.273. The minimum atomic E-state index is 0.105. The fourth-order valence-corrected chi connectivity index (χ4v) is 2.98. The van der Waals surface area contributed by atoms with Gasteiger partial charge in [0.1, 0.15) is 0 Å². The van der Waals surface area contributed by atoms with E-state index in [0.29, 0.717) is 23.0 Å². The highest BCUT2D eigenvalue weighted by molar-refractivity contribution is 5.85. The largest absolute Gasteiger partial charge is 0.504 e. The van der Waals surface area contributed by atoms with Gasteiger partial charge in [-0.1, -0.05) is 18.2 Å². The molecule has 0 aliphatic heterocycles. The van der Waals surface area contributed by atoms with Gasteiger partial charge in [0.25, 0.3) is 0 Å². The van der Waals surface area contributed by atoms with Gasteiger partial charge >= 0.3 is 0 Å². The molecule has 1 N–H and O–H groups in total. The zero-order chi connectivity index (χ0) is 20.0. The Morgan fingerprint density at radius 3 is 1.89 bits per heavy atom. The van der Waals surface area contributed by atoms with Crippen molar-refractivity contribution in [3.8, 4) is 28.7 Å². The highest BCUT2D eigenvalue weighted by Gasteiger charge is 2.15. The van der Waals surface area contributed by atoms with Crippen molar-refractivity contribution in [3.63, 3.8) is 0 Å². The molecule has 0 spiro atoms. The van der Waals surface area contributed by atoms with Gasteiger partial charge in [0.05, 0.1) is 28.4 Å². The Bertz CT molecular complexity index is 840. The minimum Gasteiger partial charge on any atom is -0.504 e. The summed E-state index contributed by atoms with van der Waals surface area (Å²) in [6.45, 7) is 3.99. The molecule has 0 saturated carbocycles. The van der Waals surface area contributed by atoms with Crippen molar-refractivity contribution in [2.75, 3.05) is 28.4 Å². The molecule has 5 heteroatoms. The van der Waals surface area contributed by atoms with Crippen molar-refractivity contribution in [1.29, 1.82) is 0 Å². The summed E-state index contributed by atoms with van der Waals surface area (Å²) in [5, 5.41) is 10.00. The van der Waals surface area contributed by atoms with Crippen molar-refractivity contribution in [2.45, 2.75) is 13.8 Å². The van der Waals surface area contributed by atoms with Crippen molar-refractivity contribution in [3.05, 3.63) is 53.1 Å². The molecule has 0 heterocycles. The zero-order valence-electron chi connectivity index (χ0n) is 16.6. The van der Waals surface area contributed by atoms with Gasteiger partial charge in [0.15, 0.2) is 23.0 Å². The maximum Gasteiger partial charge on any atom is 0.203 e. The Balaban J connectivity index is 2.48. The van der Waals surface area contributed by atoms with E-state index in [9.17, 15) is 5.11 Å². The van der Waals surface area contributed by atoms with Crippen molar-refractivity contribution in [1.82, 2.24) is 0 Å².